The molecule has 1 N–H and O–H groups in total. The lowest BCUT2D eigenvalue weighted by atomic mass is 10.1. The molecule has 27 heavy (non-hydrogen) atoms. The average molecular weight is 437 g/mol. The summed E-state index contributed by atoms with van der Waals surface area (Å²) in [5, 5.41) is 16.6. The summed E-state index contributed by atoms with van der Waals surface area (Å²) in [7, 11) is 0. The molecule has 5 nitrogen and oxygen atoms in total. The molecular weight excluding hydrogens is 416 g/mol. The first-order valence-corrected chi connectivity index (χ1v) is 12.2. The van der Waals surface area contributed by atoms with Gasteiger partial charge in [-0.15, -0.1) is 32.9 Å². The number of hydrogen-bond acceptors (Lipinski definition) is 8. The molecule has 0 radical (unpaired) electrons. The number of aromatic nitrogens is 2. The average Bonchev–Trinajstić information content (AvgIpc) is 3.42. The smallest absolute Gasteiger partial charge is 0.236 e. The van der Waals surface area contributed by atoms with Gasteiger partial charge in [0.05, 0.1) is 5.25 Å². The number of anilines is 1. The first-order valence-electron chi connectivity index (χ1n) is 8.79. The van der Waals surface area contributed by atoms with Crippen molar-refractivity contribution in [1.82, 2.24) is 15.1 Å². The lowest BCUT2D eigenvalue weighted by Crippen LogP contribution is -2.39. The van der Waals surface area contributed by atoms with E-state index in [9.17, 15) is 4.79 Å². The van der Waals surface area contributed by atoms with E-state index in [-0.39, 0.29) is 11.2 Å². The first kappa shape index (κ1) is 18.9. The van der Waals surface area contributed by atoms with Gasteiger partial charge in [0.25, 0.3) is 0 Å². The van der Waals surface area contributed by atoms with Crippen molar-refractivity contribution in [2.75, 3.05) is 18.4 Å². The van der Waals surface area contributed by atoms with E-state index in [0.717, 1.165) is 41.9 Å². The number of hydrogen-bond donors (Lipinski definition) is 1. The molecule has 1 unspecified atom stereocenters. The normalized spacial score (nSPS) is 14.8. The van der Waals surface area contributed by atoms with Gasteiger partial charge in [-0.2, -0.15) is 0 Å². The third-order valence-electron chi connectivity index (χ3n) is 4.38. The molecule has 1 amide bonds. The minimum absolute atomic E-state index is 0.155. The summed E-state index contributed by atoms with van der Waals surface area (Å²) < 4.78 is 0.836. The molecule has 0 saturated heterocycles. The summed E-state index contributed by atoms with van der Waals surface area (Å²) >= 11 is 6.57. The van der Waals surface area contributed by atoms with Gasteiger partial charge >= 0.3 is 0 Å². The Morgan fingerprint density at radius 3 is 3.11 bits per heavy atom. The van der Waals surface area contributed by atoms with Crippen molar-refractivity contribution in [2.24, 2.45) is 0 Å². The molecule has 142 valence electrons. The summed E-state index contributed by atoms with van der Waals surface area (Å²) in [6.07, 6.45) is 1.95. The Kier molecular flexibility index (Phi) is 6.11. The molecule has 0 aliphatic carbocycles. The highest BCUT2D eigenvalue weighted by Crippen LogP contribution is 2.31. The zero-order valence-electron chi connectivity index (χ0n) is 14.9. The lowest BCUT2D eigenvalue weighted by Gasteiger charge is -2.28. The first-order chi connectivity index (χ1) is 13.2. The molecule has 0 fully saturated rings. The molecule has 1 aliphatic heterocycles. The molecule has 0 saturated carbocycles. The number of nitrogens with one attached hydrogen (secondary N) is 1. The Hall–Kier alpha value is -1.42. The summed E-state index contributed by atoms with van der Waals surface area (Å²) in [6.45, 7) is 4.34. The van der Waals surface area contributed by atoms with Crippen LogP contribution in [0.2, 0.25) is 0 Å². The van der Waals surface area contributed by atoms with Crippen LogP contribution in [0.5, 0.6) is 0 Å². The molecule has 0 bridgehead atoms. The number of carbonyl (C=O) groups excluding carboxylic acids is 1. The summed E-state index contributed by atoms with van der Waals surface area (Å²) in [5.74, 6) is 0.180. The van der Waals surface area contributed by atoms with Gasteiger partial charge in [-0.25, -0.2) is 0 Å². The van der Waals surface area contributed by atoms with Crippen molar-refractivity contribution in [1.29, 1.82) is 0 Å². The fraction of sp³-hybridized carbons (Fsp3) is 0.389. The van der Waals surface area contributed by atoms with E-state index < -0.39 is 0 Å². The minimum atomic E-state index is -0.155. The maximum atomic E-state index is 12.8. The van der Waals surface area contributed by atoms with E-state index in [1.165, 1.54) is 38.4 Å². The van der Waals surface area contributed by atoms with Crippen LogP contribution >= 0.6 is 45.8 Å². The molecule has 1 aliphatic rings. The maximum Gasteiger partial charge on any atom is 0.236 e. The Bertz CT molecular complexity index is 889. The van der Waals surface area contributed by atoms with Crippen LogP contribution in [-0.2, 0) is 24.2 Å². The van der Waals surface area contributed by atoms with Gasteiger partial charge in [0, 0.05) is 29.4 Å². The highest BCUT2D eigenvalue weighted by molar-refractivity contribution is 8.02. The summed E-state index contributed by atoms with van der Waals surface area (Å²) in [4.78, 5) is 17.5. The molecule has 0 aromatic carbocycles. The van der Waals surface area contributed by atoms with Gasteiger partial charge in [-0.1, -0.05) is 29.2 Å². The number of carbonyl (C=O) groups is 1. The van der Waals surface area contributed by atoms with E-state index in [1.807, 2.05) is 11.8 Å². The number of amides is 1. The van der Waals surface area contributed by atoms with Crippen LogP contribution in [0.3, 0.4) is 0 Å². The Morgan fingerprint density at radius 1 is 1.33 bits per heavy atom. The van der Waals surface area contributed by atoms with E-state index in [2.05, 4.69) is 44.5 Å². The summed E-state index contributed by atoms with van der Waals surface area (Å²) in [6, 6.07) is 6.34. The predicted octanol–water partition coefficient (Wildman–Crippen LogP) is 4.38. The van der Waals surface area contributed by atoms with E-state index in [1.54, 1.807) is 22.7 Å². The highest BCUT2D eigenvalue weighted by Gasteiger charge is 2.26. The monoisotopic (exact) mass is 436 g/mol. The molecular formula is C18H20N4OS4. The third kappa shape index (κ3) is 4.71. The molecule has 4 rings (SSSR count). The van der Waals surface area contributed by atoms with Crippen LogP contribution in [0.1, 0.15) is 22.2 Å². The van der Waals surface area contributed by atoms with E-state index in [0.29, 0.717) is 0 Å². The number of nitrogens with zero attached hydrogens (tertiary/aromatic N) is 3. The van der Waals surface area contributed by atoms with Crippen molar-refractivity contribution in [2.45, 2.75) is 35.9 Å². The second-order valence-corrected chi connectivity index (χ2v) is 10.9. The predicted molar refractivity (Wildman–Crippen MR) is 115 cm³/mol. The largest absolute Gasteiger partial charge is 0.360 e. The SMILES string of the molecule is CC(Sc1nnc(NCCc2cccs2)s1)C(=O)N1CCc2sccc2C1. The van der Waals surface area contributed by atoms with Gasteiger partial charge in [0.2, 0.25) is 11.0 Å². The highest BCUT2D eigenvalue weighted by atomic mass is 32.2. The maximum absolute atomic E-state index is 12.8. The van der Waals surface area contributed by atoms with Crippen molar-refractivity contribution in [3.8, 4) is 0 Å². The van der Waals surface area contributed by atoms with Crippen LogP contribution in [0, 0.1) is 0 Å². The zero-order valence-corrected chi connectivity index (χ0v) is 18.1. The summed E-state index contributed by atoms with van der Waals surface area (Å²) in [5.41, 5.74) is 1.30. The fourth-order valence-corrected chi connectivity index (χ4v) is 6.58. The van der Waals surface area contributed by atoms with Crippen LogP contribution in [-0.4, -0.2) is 39.3 Å². The number of thioether (sulfide) groups is 1. The molecule has 4 heterocycles. The van der Waals surface area contributed by atoms with Crippen molar-refractivity contribution < 1.29 is 4.79 Å². The quantitative estimate of drug-likeness (QED) is 0.557. The van der Waals surface area contributed by atoms with Gasteiger partial charge in [-0.3, -0.25) is 4.79 Å². The van der Waals surface area contributed by atoms with Gasteiger partial charge in [0.15, 0.2) is 4.34 Å². The topological polar surface area (TPSA) is 58.1 Å². The number of rotatable bonds is 7. The molecule has 9 heteroatoms. The van der Waals surface area contributed by atoms with Gasteiger partial charge in [-0.05, 0) is 48.2 Å². The van der Waals surface area contributed by atoms with Crippen LogP contribution in [0.25, 0.3) is 0 Å². The lowest BCUT2D eigenvalue weighted by molar-refractivity contribution is -0.131. The van der Waals surface area contributed by atoms with E-state index >= 15 is 0 Å². The Balaban J connectivity index is 1.27. The van der Waals surface area contributed by atoms with Crippen molar-refractivity contribution in [3.63, 3.8) is 0 Å². The second-order valence-electron chi connectivity index (χ2n) is 6.27. The van der Waals surface area contributed by atoms with Crippen LogP contribution in [0.4, 0.5) is 5.13 Å². The van der Waals surface area contributed by atoms with Gasteiger partial charge in [0.1, 0.15) is 0 Å². The minimum Gasteiger partial charge on any atom is -0.360 e. The van der Waals surface area contributed by atoms with Crippen LogP contribution in [0.15, 0.2) is 33.3 Å². The van der Waals surface area contributed by atoms with Crippen molar-refractivity contribution >= 4 is 56.8 Å². The number of fused-ring (bicyclic) bond motifs is 1. The molecule has 0 spiro atoms. The molecule has 3 aromatic rings. The Morgan fingerprint density at radius 2 is 2.26 bits per heavy atom. The van der Waals surface area contributed by atoms with Crippen LogP contribution < -0.4 is 5.32 Å². The Labute approximate surface area is 174 Å². The molecule has 3 aromatic heterocycles. The standard InChI is InChI=1S/C18H20N4OS4/c1-12(16(23)22-8-5-15-13(11-22)6-10-25-15)26-18-21-20-17(27-18)19-7-4-14-3-2-9-24-14/h2-3,6,9-10,12H,4-5,7-8,11H2,1H3,(H,19,20). The zero-order chi connectivity index (χ0) is 18.6. The van der Waals surface area contributed by atoms with E-state index in [4.69, 9.17) is 0 Å². The fourth-order valence-electron chi connectivity index (χ4n) is 2.97. The third-order valence-corrected chi connectivity index (χ3v) is 8.39. The molecule has 1 atom stereocenters. The number of thiophene rings is 2. The second kappa shape index (κ2) is 8.72. The van der Waals surface area contributed by atoms with Crippen molar-refractivity contribution in [3.05, 3.63) is 44.3 Å². The van der Waals surface area contributed by atoms with Gasteiger partial charge < -0.3 is 10.2 Å².